The zero-order chi connectivity index (χ0) is 28.8. The first-order valence-electron chi connectivity index (χ1n) is 13.4. The van der Waals surface area contributed by atoms with Crippen LogP contribution < -0.4 is 0 Å². The van der Waals surface area contributed by atoms with Crippen molar-refractivity contribution in [3.05, 3.63) is 100 Å². The molecule has 0 amide bonds. The second-order valence-electron chi connectivity index (χ2n) is 10.7. The summed E-state index contributed by atoms with van der Waals surface area (Å²) in [6.07, 6.45) is 3.82. The maximum absolute atomic E-state index is 12.8. The van der Waals surface area contributed by atoms with Gasteiger partial charge in [-0.15, -0.1) is 0 Å². The van der Waals surface area contributed by atoms with Gasteiger partial charge in [-0.25, -0.2) is 0 Å². The van der Waals surface area contributed by atoms with Gasteiger partial charge in [0.1, 0.15) is 0 Å². The third-order valence-corrected chi connectivity index (χ3v) is 8.92. The molecule has 0 radical (unpaired) electrons. The fourth-order valence-electron chi connectivity index (χ4n) is 4.81. The van der Waals surface area contributed by atoms with Crippen LogP contribution >= 0.6 is 11.8 Å². The molecule has 0 saturated heterocycles. The summed E-state index contributed by atoms with van der Waals surface area (Å²) in [7, 11) is 0. The Hall–Kier alpha value is -3.10. The second-order valence-corrected chi connectivity index (χ2v) is 11.9. The normalized spacial score (nSPS) is 16.1. The number of hydrogen-bond donors (Lipinski definition) is 2. The first-order chi connectivity index (χ1) is 19.0. The summed E-state index contributed by atoms with van der Waals surface area (Å²) in [5, 5.41) is 19.4. The molecule has 2 unspecified atom stereocenters. The molecule has 1 saturated carbocycles. The summed E-state index contributed by atoms with van der Waals surface area (Å²) in [6.45, 7) is 1.78. The van der Waals surface area contributed by atoms with Gasteiger partial charge in [-0.2, -0.15) is 24.9 Å². The Morgan fingerprint density at radius 2 is 1.82 bits per heavy atom. The Morgan fingerprint density at radius 3 is 2.45 bits per heavy atom. The van der Waals surface area contributed by atoms with Crippen LogP contribution in [0.15, 0.2) is 66.9 Å². The number of rotatable bonds is 13. The summed E-state index contributed by atoms with van der Waals surface area (Å²) < 4.78 is 38.5. The van der Waals surface area contributed by atoms with Crippen LogP contribution in [0, 0.1) is 5.41 Å². The van der Waals surface area contributed by atoms with Crippen LogP contribution in [0.4, 0.5) is 13.2 Å². The topological polar surface area (TPSA) is 70.4 Å². The molecule has 40 heavy (non-hydrogen) atoms. The minimum absolute atomic E-state index is 0.128. The molecule has 1 fully saturated rings. The van der Waals surface area contributed by atoms with E-state index in [2.05, 4.69) is 29.2 Å². The number of pyridine rings is 1. The molecular weight excluding hydrogens is 535 g/mol. The SMILES string of the molecule is CC(O)Cc1ccccc1CCC(SCC1(CC(=O)O)CC1)c1cccc(C=Cc2ccc(C(F)(F)F)cn2)c1. The van der Waals surface area contributed by atoms with Gasteiger partial charge < -0.3 is 10.2 Å². The van der Waals surface area contributed by atoms with Crippen LogP contribution in [0.3, 0.4) is 0 Å². The van der Waals surface area contributed by atoms with Gasteiger partial charge in [-0.05, 0) is 84.9 Å². The van der Waals surface area contributed by atoms with Crippen molar-refractivity contribution in [3.63, 3.8) is 0 Å². The van der Waals surface area contributed by atoms with Crippen molar-refractivity contribution in [2.24, 2.45) is 5.41 Å². The van der Waals surface area contributed by atoms with E-state index in [0.29, 0.717) is 12.1 Å². The molecule has 4 nitrogen and oxygen atoms in total. The summed E-state index contributed by atoms with van der Waals surface area (Å²) in [5.74, 6) is 0.0140. The number of aryl methyl sites for hydroxylation is 1. The van der Waals surface area contributed by atoms with Crippen molar-refractivity contribution in [1.82, 2.24) is 4.98 Å². The van der Waals surface area contributed by atoms with E-state index in [1.54, 1.807) is 24.8 Å². The molecule has 212 valence electrons. The maximum Gasteiger partial charge on any atom is 0.417 e. The molecule has 4 rings (SSSR count). The van der Waals surface area contributed by atoms with E-state index in [0.717, 1.165) is 60.4 Å². The highest BCUT2D eigenvalue weighted by Gasteiger charge is 2.44. The van der Waals surface area contributed by atoms with Gasteiger partial charge >= 0.3 is 12.1 Å². The van der Waals surface area contributed by atoms with Crippen LogP contribution in [0.5, 0.6) is 0 Å². The number of carboxylic acid groups (broad SMARTS) is 1. The molecule has 0 spiro atoms. The molecule has 2 aromatic carbocycles. The van der Waals surface area contributed by atoms with E-state index in [9.17, 15) is 28.2 Å². The van der Waals surface area contributed by atoms with Gasteiger partial charge in [-0.3, -0.25) is 9.78 Å². The van der Waals surface area contributed by atoms with Crippen molar-refractivity contribution in [2.45, 2.75) is 63.0 Å². The van der Waals surface area contributed by atoms with Gasteiger partial charge in [0.05, 0.1) is 23.8 Å². The quantitative estimate of drug-likeness (QED) is 0.219. The van der Waals surface area contributed by atoms with E-state index < -0.39 is 23.8 Å². The summed E-state index contributed by atoms with van der Waals surface area (Å²) in [6, 6.07) is 18.6. The number of alkyl halides is 3. The lowest BCUT2D eigenvalue weighted by Gasteiger charge is -2.22. The molecule has 0 aliphatic heterocycles. The Bertz CT molecular complexity index is 1320. The largest absolute Gasteiger partial charge is 0.481 e. The lowest BCUT2D eigenvalue weighted by atomic mass is 9.96. The highest BCUT2D eigenvalue weighted by molar-refractivity contribution is 7.99. The van der Waals surface area contributed by atoms with Crippen LogP contribution in [-0.4, -0.2) is 33.0 Å². The van der Waals surface area contributed by atoms with Crippen molar-refractivity contribution >= 4 is 29.9 Å². The molecule has 3 aromatic rings. The van der Waals surface area contributed by atoms with Gasteiger partial charge in [0.25, 0.3) is 0 Å². The number of aliphatic carboxylic acids is 1. The van der Waals surface area contributed by atoms with Gasteiger partial charge in [0.15, 0.2) is 0 Å². The van der Waals surface area contributed by atoms with E-state index in [4.69, 9.17) is 0 Å². The Labute approximate surface area is 237 Å². The van der Waals surface area contributed by atoms with E-state index >= 15 is 0 Å². The van der Waals surface area contributed by atoms with Crippen LogP contribution in [0.1, 0.15) is 71.4 Å². The third kappa shape index (κ3) is 8.70. The molecule has 1 heterocycles. The zero-order valence-corrected chi connectivity index (χ0v) is 23.2. The van der Waals surface area contributed by atoms with Gasteiger partial charge in [0.2, 0.25) is 0 Å². The van der Waals surface area contributed by atoms with E-state index in [-0.39, 0.29) is 17.1 Å². The molecular formula is C32H34F3NO3S. The van der Waals surface area contributed by atoms with Crippen LogP contribution in [0.25, 0.3) is 12.2 Å². The van der Waals surface area contributed by atoms with Crippen LogP contribution in [0.2, 0.25) is 0 Å². The Kier molecular flexibility index (Phi) is 9.74. The summed E-state index contributed by atoms with van der Waals surface area (Å²) in [5.41, 5.74) is 3.88. The third-order valence-electron chi connectivity index (χ3n) is 7.23. The first kappa shape index (κ1) is 29.9. The number of nitrogens with zero attached hydrogens (tertiary/aromatic N) is 1. The minimum Gasteiger partial charge on any atom is -0.481 e. The molecule has 1 aromatic heterocycles. The van der Waals surface area contributed by atoms with Crippen molar-refractivity contribution < 1.29 is 28.2 Å². The first-order valence-corrected chi connectivity index (χ1v) is 14.5. The predicted octanol–water partition coefficient (Wildman–Crippen LogP) is 7.86. The van der Waals surface area contributed by atoms with Crippen molar-refractivity contribution in [2.75, 3.05) is 5.75 Å². The number of aliphatic hydroxyl groups is 1. The number of thioether (sulfide) groups is 1. The summed E-state index contributed by atoms with van der Waals surface area (Å²) >= 11 is 1.80. The highest BCUT2D eigenvalue weighted by atomic mass is 32.2. The summed E-state index contributed by atoms with van der Waals surface area (Å²) in [4.78, 5) is 15.3. The molecule has 2 N–H and O–H groups in total. The Morgan fingerprint density at radius 1 is 1.07 bits per heavy atom. The minimum atomic E-state index is -4.42. The smallest absolute Gasteiger partial charge is 0.417 e. The number of hydrogen-bond acceptors (Lipinski definition) is 4. The predicted molar refractivity (Wildman–Crippen MR) is 154 cm³/mol. The standard InChI is InChI=1S/C32H34F3NO3S/c1-22(37)17-25-7-3-2-6-24(25)10-14-29(40-21-31(15-16-31)19-30(38)39)26-8-4-5-23(18-26)9-12-28-13-11-27(20-36-28)32(33,34)35/h2-9,11-13,18,20,22,29,37H,10,14-17,19,21H2,1H3,(H,38,39). The zero-order valence-electron chi connectivity index (χ0n) is 22.4. The van der Waals surface area contributed by atoms with Gasteiger partial charge in [-0.1, -0.05) is 54.6 Å². The molecule has 8 heteroatoms. The second kappa shape index (κ2) is 13.0. The number of carboxylic acids is 1. The fraction of sp³-hybridized carbons (Fsp3) is 0.375. The number of aliphatic hydroxyl groups excluding tert-OH is 1. The Balaban J connectivity index is 1.52. The molecule has 0 bridgehead atoms. The average Bonchev–Trinajstić information content (AvgIpc) is 3.66. The van der Waals surface area contributed by atoms with E-state index in [1.807, 2.05) is 30.3 Å². The number of aromatic nitrogens is 1. The van der Waals surface area contributed by atoms with Crippen LogP contribution in [-0.2, 0) is 23.8 Å². The highest BCUT2D eigenvalue weighted by Crippen LogP contribution is 2.53. The lowest BCUT2D eigenvalue weighted by Crippen LogP contribution is -2.13. The molecule has 1 aliphatic carbocycles. The van der Waals surface area contributed by atoms with Gasteiger partial charge in [0, 0.05) is 17.2 Å². The number of benzene rings is 2. The lowest BCUT2D eigenvalue weighted by molar-refractivity contribution is -0.139. The van der Waals surface area contributed by atoms with E-state index in [1.165, 1.54) is 11.6 Å². The molecule has 1 aliphatic rings. The number of carbonyl (C=O) groups is 1. The monoisotopic (exact) mass is 569 g/mol. The average molecular weight is 570 g/mol. The van der Waals surface area contributed by atoms with Crippen molar-refractivity contribution in [3.8, 4) is 0 Å². The maximum atomic E-state index is 12.8. The number of halogens is 3. The fourth-order valence-corrected chi connectivity index (χ4v) is 6.38. The molecule has 2 atom stereocenters. The van der Waals surface area contributed by atoms with Crippen molar-refractivity contribution in [1.29, 1.82) is 0 Å².